The van der Waals surface area contributed by atoms with Crippen molar-refractivity contribution in [2.75, 3.05) is 20.2 Å². The maximum Gasteiger partial charge on any atom is 0.261 e. The minimum atomic E-state index is 0.0432. The summed E-state index contributed by atoms with van der Waals surface area (Å²) in [7, 11) is 1.66. The summed E-state index contributed by atoms with van der Waals surface area (Å²) in [6.45, 7) is 6.18. The van der Waals surface area contributed by atoms with Crippen molar-refractivity contribution >= 4 is 17.2 Å². The number of piperidine rings is 1. The molecule has 4 nitrogen and oxygen atoms in total. The van der Waals surface area contributed by atoms with Gasteiger partial charge in [-0.1, -0.05) is 19.1 Å². The molecule has 1 fully saturated rings. The SMILES string of the molecule is COc1ccc(-c2cc(C(=O)NC3CCNCC3C)sc2C)cc1. The molecule has 5 heteroatoms. The number of benzene rings is 1. The summed E-state index contributed by atoms with van der Waals surface area (Å²) in [4.78, 5) is 14.6. The number of rotatable bonds is 4. The number of thiophene rings is 1. The molecule has 0 radical (unpaired) electrons. The summed E-state index contributed by atoms with van der Waals surface area (Å²) in [5, 5.41) is 6.57. The van der Waals surface area contributed by atoms with E-state index in [9.17, 15) is 4.79 Å². The number of hydrogen-bond donors (Lipinski definition) is 2. The maximum atomic E-state index is 12.6. The molecule has 1 aromatic carbocycles. The van der Waals surface area contributed by atoms with E-state index >= 15 is 0 Å². The summed E-state index contributed by atoms with van der Waals surface area (Å²) < 4.78 is 5.21. The van der Waals surface area contributed by atoms with Gasteiger partial charge in [-0.05, 0) is 61.7 Å². The number of hydrogen-bond acceptors (Lipinski definition) is 4. The van der Waals surface area contributed by atoms with Gasteiger partial charge in [-0.3, -0.25) is 4.79 Å². The summed E-state index contributed by atoms with van der Waals surface area (Å²) >= 11 is 1.56. The zero-order chi connectivity index (χ0) is 17.1. The van der Waals surface area contributed by atoms with Gasteiger partial charge in [0.15, 0.2) is 0 Å². The lowest BCUT2D eigenvalue weighted by Gasteiger charge is -2.30. The average Bonchev–Trinajstić information content (AvgIpc) is 2.99. The second kappa shape index (κ2) is 7.36. The van der Waals surface area contributed by atoms with Crippen molar-refractivity contribution in [3.05, 3.63) is 40.1 Å². The first-order valence-electron chi connectivity index (χ1n) is 8.35. The van der Waals surface area contributed by atoms with Crippen LogP contribution in [0.25, 0.3) is 11.1 Å². The molecule has 128 valence electrons. The van der Waals surface area contributed by atoms with E-state index in [2.05, 4.69) is 24.5 Å². The third-order valence-electron chi connectivity index (χ3n) is 4.64. The lowest BCUT2D eigenvalue weighted by atomic mass is 9.95. The summed E-state index contributed by atoms with van der Waals surface area (Å²) in [6.07, 6.45) is 0.989. The van der Waals surface area contributed by atoms with Crippen molar-refractivity contribution in [3.63, 3.8) is 0 Å². The minimum absolute atomic E-state index is 0.0432. The van der Waals surface area contributed by atoms with E-state index in [0.29, 0.717) is 5.92 Å². The molecular weight excluding hydrogens is 320 g/mol. The number of methoxy groups -OCH3 is 1. The Bertz CT molecular complexity index is 709. The lowest BCUT2D eigenvalue weighted by molar-refractivity contribution is 0.0918. The second-order valence-electron chi connectivity index (χ2n) is 6.36. The highest BCUT2D eigenvalue weighted by Crippen LogP contribution is 2.32. The van der Waals surface area contributed by atoms with E-state index in [1.54, 1.807) is 18.4 Å². The fraction of sp³-hybridized carbons (Fsp3) is 0.421. The van der Waals surface area contributed by atoms with Crippen molar-refractivity contribution in [1.82, 2.24) is 10.6 Å². The van der Waals surface area contributed by atoms with Crippen LogP contribution < -0.4 is 15.4 Å². The molecule has 0 aliphatic carbocycles. The van der Waals surface area contributed by atoms with E-state index in [4.69, 9.17) is 4.74 Å². The van der Waals surface area contributed by atoms with Crippen molar-refractivity contribution in [3.8, 4) is 16.9 Å². The molecule has 2 aromatic rings. The third kappa shape index (κ3) is 3.62. The number of ether oxygens (including phenoxy) is 1. The van der Waals surface area contributed by atoms with Gasteiger partial charge in [-0.15, -0.1) is 11.3 Å². The predicted molar refractivity (Wildman–Crippen MR) is 98.9 cm³/mol. The Morgan fingerprint density at radius 2 is 2.08 bits per heavy atom. The van der Waals surface area contributed by atoms with Crippen LogP contribution in [0.4, 0.5) is 0 Å². The molecule has 2 atom stereocenters. The molecule has 2 heterocycles. The number of amides is 1. The molecule has 0 spiro atoms. The Morgan fingerprint density at radius 1 is 1.33 bits per heavy atom. The molecule has 2 N–H and O–H groups in total. The second-order valence-corrected chi connectivity index (χ2v) is 7.62. The van der Waals surface area contributed by atoms with Gasteiger partial charge in [0.25, 0.3) is 5.91 Å². The summed E-state index contributed by atoms with van der Waals surface area (Å²) in [5.74, 6) is 1.34. The number of nitrogens with one attached hydrogen (secondary N) is 2. The molecule has 24 heavy (non-hydrogen) atoms. The largest absolute Gasteiger partial charge is 0.497 e. The average molecular weight is 344 g/mol. The quantitative estimate of drug-likeness (QED) is 0.893. The molecule has 1 aliphatic rings. The molecule has 1 aliphatic heterocycles. The van der Waals surface area contributed by atoms with Crippen LogP contribution >= 0.6 is 11.3 Å². The molecule has 1 saturated heterocycles. The lowest BCUT2D eigenvalue weighted by Crippen LogP contribution is -2.48. The third-order valence-corrected chi connectivity index (χ3v) is 5.69. The van der Waals surface area contributed by atoms with Gasteiger partial charge in [0.05, 0.1) is 12.0 Å². The number of carbonyl (C=O) groups excluding carboxylic acids is 1. The van der Waals surface area contributed by atoms with Crippen molar-refractivity contribution < 1.29 is 9.53 Å². The van der Waals surface area contributed by atoms with Crippen LogP contribution in [0.5, 0.6) is 5.75 Å². The molecular formula is C19H24N2O2S. The molecule has 2 unspecified atom stereocenters. The molecule has 3 rings (SSSR count). The zero-order valence-corrected chi connectivity index (χ0v) is 15.2. The van der Waals surface area contributed by atoms with E-state index in [1.807, 2.05) is 30.3 Å². The van der Waals surface area contributed by atoms with Crippen LogP contribution in [0.1, 0.15) is 27.9 Å². The van der Waals surface area contributed by atoms with Crippen LogP contribution in [0, 0.1) is 12.8 Å². The Morgan fingerprint density at radius 3 is 2.75 bits per heavy atom. The van der Waals surface area contributed by atoms with Gasteiger partial charge in [0, 0.05) is 10.9 Å². The fourth-order valence-electron chi connectivity index (χ4n) is 3.12. The van der Waals surface area contributed by atoms with Crippen LogP contribution in [0.15, 0.2) is 30.3 Å². The first kappa shape index (κ1) is 17.0. The first-order chi connectivity index (χ1) is 11.6. The fourth-order valence-corrected chi connectivity index (χ4v) is 4.06. The molecule has 1 aromatic heterocycles. The smallest absolute Gasteiger partial charge is 0.261 e. The van der Waals surface area contributed by atoms with Gasteiger partial charge in [0.1, 0.15) is 5.75 Å². The highest BCUT2D eigenvalue weighted by molar-refractivity contribution is 7.14. The molecule has 1 amide bonds. The van der Waals surface area contributed by atoms with Gasteiger partial charge in [-0.2, -0.15) is 0 Å². The summed E-state index contributed by atoms with van der Waals surface area (Å²) in [5.41, 5.74) is 2.23. The minimum Gasteiger partial charge on any atom is -0.497 e. The van der Waals surface area contributed by atoms with Crippen LogP contribution in [-0.2, 0) is 0 Å². The van der Waals surface area contributed by atoms with Gasteiger partial charge >= 0.3 is 0 Å². The van der Waals surface area contributed by atoms with E-state index in [1.165, 1.54) is 0 Å². The van der Waals surface area contributed by atoms with Crippen molar-refractivity contribution in [2.24, 2.45) is 5.92 Å². The highest BCUT2D eigenvalue weighted by Gasteiger charge is 2.24. The van der Waals surface area contributed by atoms with Crippen LogP contribution in [0.3, 0.4) is 0 Å². The highest BCUT2D eigenvalue weighted by atomic mass is 32.1. The van der Waals surface area contributed by atoms with E-state index < -0.39 is 0 Å². The predicted octanol–water partition coefficient (Wildman–Crippen LogP) is 3.46. The van der Waals surface area contributed by atoms with Gasteiger partial charge in [0.2, 0.25) is 0 Å². The van der Waals surface area contributed by atoms with Crippen LogP contribution in [-0.4, -0.2) is 32.1 Å². The molecule has 0 bridgehead atoms. The van der Waals surface area contributed by atoms with E-state index in [-0.39, 0.29) is 11.9 Å². The Labute approximate surface area is 147 Å². The van der Waals surface area contributed by atoms with Crippen molar-refractivity contribution in [1.29, 1.82) is 0 Å². The molecule has 0 saturated carbocycles. The normalized spacial score (nSPS) is 20.6. The number of carbonyl (C=O) groups is 1. The Hall–Kier alpha value is -1.85. The maximum absolute atomic E-state index is 12.6. The standard InChI is InChI=1S/C19H24N2O2S/c1-12-11-20-9-8-17(12)21-19(22)18-10-16(13(2)24-18)14-4-6-15(23-3)7-5-14/h4-7,10,12,17,20H,8-9,11H2,1-3H3,(H,21,22). The van der Waals surface area contributed by atoms with Crippen molar-refractivity contribution in [2.45, 2.75) is 26.3 Å². The Balaban J connectivity index is 1.76. The topological polar surface area (TPSA) is 50.4 Å². The first-order valence-corrected chi connectivity index (χ1v) is 9.16. The summed E-state index contributed by atoms with van der Waals surface area (Å²) in [6, 6.07) is 10.2. The van der Waals surface area contributed by atoms with E-state index in [0.717, 1.165) is 46.1 Å². The van der Waals surface area contributed by atoms with Gasteiger partial charge in [-0.25, -0.2) is 0 Å². The Kier molecular flexibility index (Phi) is 5.21. The van der Waals surface area contributed by atoms with Gasteiger partial charge < -0.3 is 15.4 Å². The van der Waals surface area contributed by atoms with Crippen LogP contribution in [0.2, 0.25) is 0 Å². The number of aryl methyl sites for hydroxylation is 1. The monoisotopic (exact) mass is 344 g/mol. The zero-order valence-electron chi connectivity index (χ0n) is 14.4.